The van der Waals surface area contributed by atoms with Gasteiger partial charge in [0, 0.05) is 11.4 Å². The fraction of sp³-hybridized carbons (Fsp3) is 0.783. The summed E-state index contributed by atoms with van der Waals surface area (Å²) in [5.41, 5.74) is -0.210. The summed E-state index contributed by atoms with van der Waals surface area (Å²) in [6, 6.07) is 3.08. The molecule has 0 bridgehead atoms. The maximum absolute atomic E-state index is 12.2. The zero-order valence-electron chi connectivity index (χ0n) is 21.2. The third kappa shape index (κ3) is 8.92. The molecule has 0 saturated carbocycles. The maximum atomic E-state index is 12.2. The lowest BCUT2D eigenvalue weighted by molar-refractivity contribution is -0.153. The Bertz CT molecular complexity index is 720. The lowest BCUT2D eigenvalue weighted by atomic mass is 9.98. The number of thiazole rings is 1. The van der Waals surface area contributed by atoms with Crippen molar-refractivity contribution in [1.29, 1.82) is 0 Å². The van der Waals surface area contributed by atoms with Crippen LogP contribution in [0.5, 0.6) is 0 Å². The summed E-state index contributed by atoms with van der Waals surface area (Å²) in [6.07, 6.45) is 0.409. The van der Waals surface area contributed by atoms with Crippen LogP contribution in [0.25, 0.3) is 0 Å². The van der Waals surface area contributed by atoms with Crippen LogP contribution in [0.1, 0.15) is 83.4 Å². The minimum absolute atomic E-state index is 0.0234. The molecule has 1 aromatic rings. The Hall–Kier alpha value is -1.29. The van der Waals surface area contributed by atoms with Gasteiger partial charge in [-0.3, -0.25) is 4.79 Å². The average Bonchev–Trinajstić information content (AvgIpc) is 3.22. The van der Waals surface area contributed by atoms with E-state index in [9.17, 15) is 9.59 Å². The summed E-state index contributed by atoms with van der Waals surface area (Å²) in [5.74, 6) is -0.452. The number of ether oxygens (including phenoxy) is 2. The van der Waals surface area contributed by atoms with E-state index in [4.69, 9.17) is 13.9 Å². The first-order valence-electron chi connectivity index (χ1n) is 11.6. The quantitative estimate of drug-likeness (QED) is 0.297. The minimum atomic E-state index is -1.94. The van der Waals surface area contributed by atoms with E-state index in [0.717, 1.165) is 23.1 Å². The molecule has 0 aliphatic heterocycles. The van der Waals surface area contributed by atoms with E-state index in [2.05, 4.69) is 44.9 Å². The molecule has 1 N–H and O–H groups in total. The third-order valence-electron chi connectivity index (χ3n) is 5.72. The van der Waals surface area contributed by atoms with Crippen LogP contribution in [0.3, 0.4) is 0 Å². The van der Waals surface area contributed by atoms with Crippen LogP contribution in [0.4, 0.5) is 0 Å². The van der Waals surface area contributed by atoms with E-state index in [1.807, 2.05) is 20.8 Å². The molecule has 1 aromatic heterocycles. The molecule has 0 fully saturated rings. The number of carbonyl (C=O) groups is 2. The van der Waals surface area contributed by atoms with Crippen LogP contribution < -0.4 is 5.32 Å². The number of methoxy groups -OCH3 is 1. The van der Waals surface area contributed by atoms with Crippen LogP contribution in [0.2, 0.25) is 18.1 Å². The summed E-state index contributed by atoms with van der Waals surface area (Å²) in [5, 5.41) is 5.87. The van der Waals surface area contributed by atoms with Gasteiger partial charge in [-0.25, -0.2) is 9.78 Å². The second-order valence-electron chi connectivity index (χ2n) is 9.47. The van der Waals surface area contributed by atoms with Crippen molar-refractivity contribution in [2.24, 2.45) is 5.92 Å². The van der Waals surface area contributed by atoms with Crippen LogP contribution in [-0.4, -0.2) is 50.5 Å². The number of nitrogens with zero attached hydrogens (tertiary/aromatic N) is 1. The predicted molar refractivity (Wildman–Crippen MR) is 132 cm³/mol. The normalized spacial score (nSPS) is 14.3. The van der Waals surface area contributed by atoms with E-state index < -0.39 is 19.9 Å². The summed E-state index contributed by atoms with van der Waals surface area (Å²) in [6.45, 7) is 16.5. The highest BCUT2D eigenvalue weighted by Crippen LogP contribution is 2.35. The van der Waals surface area contributed by atoms with E-state index in [1.165, 1.54) is 18.4 Å². The number of hydrogen-bond acceptors (Lipinski definition) is 8. The first-order chi connectivity index (χ1) is 14.9. The summed E-state index contributed by atoms with van der Waals surface area (Å²) >= 11 is 1.43. The number of carbonyl (C=O) groups excluding carboxylic acids is 2. The molecule has 1 rings (SSSR count). The molecule has 184 valence electrons. The first-order valence-corrected chi connectivity index (χ1v) is 15.0. The Morgan fingerprint density at radius 3 is 2.22 bits per heavy atom. The second kappa shape index (κ2) is 12.8. The molecule has 32 heavy (non-hydrogen) atoms. The molecule has 0 unspecified atom stereocenters. The summed E-state index contributed by atoms with van der Waals surface area (Å²) in [7, 11) is -0.581. The van der Waals surface area contributed by atoms with Crippen molar-refractivity contribution in [3.63, 3.8) is 0 Å². The molecule has 0 aliphatic rings. The van der Waals surface area contributed by atoms with Gasteiger partial charge in [0.15, 0.2) is 14.0 Å². The van der Waals surface area contributed by atoms with Crippen molar-refractivity contribution in [2.75, 3.05) is 13.7 Å². The highest BCUT2D eigenvalue weighted by Gasteiger charge is 2.35. The fourth-order valence-electron chi connectivity index (χ4n) is 3.55. The Morgan fingerprint density at radius 1 is 1.16 bits per heavy atom. The van der Waals surface area contributed by atoms with Crippen LogP contribution in [-0.2, 0) is 18.7 Å². The average molecular weight is 487 g/mol. The standard InChI is InChI=1S/C23H42N2O5SSi/c1-10-32(11-2,12-3)30-19(21-25-18(15-31-21)22(27)28-9)13-17(16(4)5)24-14-20(26)29-23(6,7)8/h15-17,19,24H,10-14H2,1-9H3/t17-,19-/m1/s1. The first kappa shape index (κ1) is 28.7. The Labute approximate surface area is 198 Å². The van der Waals surface area contributed by atoms with E-state index in [-0.39, 0.29) is 30.6 Å². The number of hydrogen-bond donors (Lipinski definition) is 1. The molecule has 0 amide bonds. The van der Waals surface area contributed by atoms with E-state index in [1.54, 1.807) is 5.38 Å². The van der Waals surface area contributed by atoms with Crippen molar-refractivity contribution < 1.29 is 23.5 Å². The number of esters is 2. The lowest BCUT2D eigenvalue weighted by Crippen LogP contribution is -2.43. The Morgan fingerprint density at radius 2 is 1.75 bits per heavy atom. The van der Waals surface area contributed by atoms with Crippen molar-refractivity contribution in [1.82, 2.24) is 10.3 Å². The third-order valence-corrected chi connectivity index (χ3v) is 11.3. The fourth-order valence-corrected chi connectivity index (χ4v) is 7.27. The minimum Gasteiger partial charge on any atom is -0.464 e. The second-order valence-corrected chi connectivity index (χ2v) is 15.1. The number of aromatic nitrogens is 1. The molecule has 0 aliphatic carbocycles. The van der Waals surface area contributed by atoms with Gasteiger partial charge in [-0.05, 0) is 51.2 Å². The topological polar surface area (TPSA) is 86.8 Å². The molecule has 9 heteroatoms. The number of rotatable bonds is 13. The van der Waals surface area contributed by atoms with Gasteiger partial charge in [-0.1, -0.05) is 34.6 Å². The van der Waals surface area contributed by atoms with Gasteiger partial charge >= 0.3 is 11.9 Å². The summed E-state index contributed by atoms with van der Waals surface area (Å²) in [4.78, 5) is 28.7. The molecule has 7 nitrogen and oxygen atoms in total. The van der Waals surface area contributed by atoms with Gasteiger partial charge in [-0.2, -0.15) is 0 Å². The molecular weight excluding hydrogens is 444 g/mol. The lowest BCUT2D eigenvalue weighted by Gasteiger charge is -2.35. The highest BCUT2D eigenvalue weighted by atomic mass is 32.1. The molecule has 0 saturated heterocycles. The highest BCUT2D eigenvalue weighted by molar-refractivity contribution is 7.09. The van der Waals surface area contributed by atoms with Gasteiger partial charge < -0.3 is 19.2 Å². The van der Waals surface area contributed by atoms with Crippen LogP contribution in [0.15, 0.2) is 5.38 Å². The molecule has 0 radical (unpaired) electrons. The Kier molecular flexibility index (Phi) is 11.5. The largest absolute Gasteiger partial charge is 0.464 e. The smallest absolute Gasteiger partial charge is 0.357 e. The predicted octanol–water partition coefficient (Wildman–Crippen LogP) is 5.34. The molecule has 1 heterocycles. The van der Waals surface area contributed by atoms with Crippen LogP contribution >= 0.6 is 11.3 Å². The van der Waals surface area contributed by atoms with Crippen molar-refractivity contribution in [2.45, 2.75) is 97.7 Å². The number of nitrogens with one attached hydrogen (secondary N) is 1. The monoisotopic (exact) mass is 486 g/mol. The zero-order chi connectivity index (χ0) is 24.5. The van der Waals surface area contributed by atoms with Crippen LogP contribution in [0, 0.1) is 5.92 Å². The van der Waals surface area contributed by atoms with Gasteiger partial charge in [0.2, 0.25) is 0 Å². The zero-order valence-corrected chi connectivity index (χ0v) is 23.1. The molecule has 2 atom stereocenters. The van der Waals surface area contributed by atoms with Gasteiger partial charge in [0.05, 0.1) is 19.8 Å². The van der Waals surface area contributed by atoms with E-state index in [0.29, 0.717) is 12.1 Å². The van der Waals surface area contributed by atoms with Crippen molar-refractivity contribution >= 4 is 31.6 Å². The maximum Gasteiger partial charge on any atom is 0.357 e. The van der Waals surface area contributed by atoms with Crippen molar-refractivity contribution in [3.8, 4) is 0 Å². The van der Waals surface area contributed by atoms with Crippen molar-refractivity contribution in [3.05, 3.63) is 16.1 Å². The van der Waals surface area contributed by atoms with Gasteiger partial charge in [-0.15, -0.1) is 11.3 Å². The van der Waals surface area contributed by atoms with Gasteiger partial charge in [0.1, 0.15) is 10.6 Å². The molecular formula is C23H42N2O5SSi. The molecule has 0 aromatic carbocycles. The van der Waals surface area contributed by atoms with E-state index >= 15 is 0 Å². The Balaban J connectivity index is 3.11. The molecule has 0 spiro atoms. The SMILES string of the molecule is CC[Si](CC)(CC)O[C@H](C[C@@H](NCC(=O)OC(C)(C)C)C(C)C)c1nc(C(=O)OC)cs1. The van der Waals surface area contributed by atoms with Gasteiger partial charge in [0.25, 0.3) is 0 Å². The summed E-state index contributed by atoms with van der Waals surface area (Å²) < 4.78 is 17.1.